The van der Waals surface area contributed by atoms with Crippen LogP contribution in [0.25, 0.3) is 5.57 Å². The van der Waals surface area contributed by atoms with Gasteiger partial charge in [-0.25, -0.2) is 4.79 Å². The van der Waals surface area contributed by atoms with Crippen molar-refractivity contribution in [3.8, 4) is 17.2 Å². The molecule has 2 rings (SSSR count). The Morgan fingerprint density at radius 2 is 1.80 bits per heavy atom. The second-order valence-electron chi connectivity index (χ2n) is 5.36. The largest absolute Gasteiger partial charge is 0.500 e. The molecule has 0 atom stereocenters. The van der Waals surface area contributed by atoms with Crippen molar-refractivity contribution >= 4 is 11.5 Å². The fourth-order valence-electron chi connectivity index (χ4n) is 2.29. The van der Waals surface area contributed by atoms with Crippen molar-refractivity contribution < 1.29 is 24.1 Å². The Hall–Kier alpha value is -2.95. The fourth-order valence-corrected chi connectivity index (χ4v) is 2.29. The van der Waals surface area contributed by atoms with Crippen molar-refractivity contribution in [2.75, 3.05) is 13.7 Å². The van der Waals surface area contributed by atoms with Crippen LogP contribution in [0.1, 0.15) is 25.8 Å². The second kappa shape index (κ2) is 8.78. The van der Waals surface area contributed by atoms with Gasteiger partial charge in [-0.15, -0.1) is 0 Å². The molecule has 0 spiro atoms. The minimum Gasteiger partial charge on any atom is -0.500 e. The van der Waals surface area contributed by atoms with Crippen molar-refractivity contribution in [1.82, 2.24) is 0 Å². The van der Waals surface area contributed by atoms with Crippen LogP contribution in [-0.4, -0.2) is 24.8 Å². The van der Waals surface area contributed by atoms with Gasteiger partial charge >= 0.3 is 5.97 Å². The van der Waals surface area contributed by atoms with Crippen molar-refractivity contribution in [3.05, 3.63) is 59.9 Å². The van der Waals surface area contributed by atoms with Crippen LogP contribution >= 0.6 is 0 Å². The van der Waals surface area contributed by atoms with Crippen LogP contribution in [0.15, 0.2) is 54.3 Å². The summed E-state index contributed by atoms with van der Waals surface area (Å²) in [7, 11) is 1.44. The summed E-state index contributed by atoms with van der Waals surface area (Å²) in [6, 6.07) is 14.2. The number of hydrogen-bond acceptors (Lipinski definition) is 4. The Morgan fingerprint density at radius 1 is 1.08 bits per heavy atom. The standard InChI is InChI=1S/C20H22O5/c1-4-12-24-15-8-7-9-16(13-15)25-18-11-6-5-10-17(18)19(20(21)22)14(2)23-3/h5-11,13H,4,12H2,1-3H3,(H,21,22)/b19-14+. The summed E-state index contributed by atoms with van der Waals surface area (Å²) in [6.45, 7) is 4.27. The maximum Gasteiger partial charge on any atom is 0.339 e. The van der Waals surface area contributed by atoms with E-state index in [-0.39, 0.29) is 5.57 Å². The zero-order chi connectivity index (χ0) is 18.2. The number of para-hydroxylation sites is 1. The van der Waals surface area contributed by atoms with Crippen molar-refractivity contribution in [2.24, 2.45) is 0 Å². The van der Waals surface area contributed by atoms with Gasteiger partial charge in [0.15, 0.2) is 0 Å². The third kappa shape index (κ3) is 4.76. The van der Waals surface area contributed by atoms with Crippen LogP contribution in [0.2, 0.25) is 0 Å². The summed E-state index contributed by atoms with van der Waals surface area (Å²) < 4.78 is 16.6. The molecule has 25 heavy (non-hydrogen) atoms. The monoisotopic (exact) mass is 342 g/mol. The molecule has 0 aliphatic rings. The predicted molar refractivity (Wildman–Crippen MR) is 96.0 cm³/mol. The Balaban J connectivity index is 2.37. The zero-order valence-corrected chi connectivity index (χ0v) is 14.6. The lowest BCUT2D eigenvalue weighted by Crippen LogP contribution is -2.05. The SMILES string of the molecule is CCCOc1cccc(Oc2ccccc2/C(C(=O)O)=C(/C)OC)c1. The molecule has 0 saturated carbocycles. The van der Waals surface area contributed by atoms with Gasteiger partial charge in [0.05, 0.1) is 13.7 Å². The molecule has 5 heteroatoms. The summed E-state index contributed by atoms with van der Waals surface area (Å²) in [5.41, 5.74) is 0.519. The topological polar surface area (TPSA) is 65.0 Å². The Labute approximate surface area is 147 Å². The molecule has 0 amide bonds. The van der Waals surface area contributed by atoms with E-state index in [1.165, 1.54) is 7.11 Å². The fraction of sp³-hybridized carbons (Fsp3) is 0.250. The van der Waals surface area contributed by atoms with Gasteiger partial charge in [0.1, 0.15) is 28.6 Å². The lowest BCUT2D eigenvalue weighted by Gasteiger charge is -2.14. The molecule has 2 aromatic carbocycles. The first-order chi connectivity index (χ1) is 12.1. The highest BCUT2D eigenvalue weighted by atomic mass is 16.5. The number of ether oxygens (including phenoxy) is 3. The molecule has 0 aliphatic heterocycles. The van der Waals surface area contributed by atoms with E-state index in [9.17, 15) is 9.90 Å². The first kappa shape index (κ1) is 18.4. The van der Waals surface area contributed by atoms with Crippen LogP contribution in [0.5, 0.6) is 17.2 Å². The number of hydrogen-bond donors (Lipinski definition) is 1. The smallest absolute Gasteiger partial charge is 0.339 e. The Bertz CT molecular complexity index is 764. The predicted octanol–water partition coefficient (Wildman–Crippen LogP) is 4.73. The van der Waals surface area contributed by atoms with Gasteiger partial charge in [-0.1, -0.05) is 31.2 Å². The third-order valence-electron chi connectivity index (χ3n) is 3.53. The average molecular weight is 342 g/mol. The summed E-state index contributed by atoms with van der Waals surface area (Å²) in [5.74, 6) is 0.947. The van der Waals surface area contributed by atoms with E-state index in [4.69, 9.17) is 14.2 Å². The molecule has 2 aromatic rings. The number of benzene rings is 2. The molecule has 0 heterocycles. The van der Waals surface area contributed by atoms with Crippen LogP contribution in [-0.2, 0) is 9.53 Å². The Kier molecular flexibility index (Phi) is 6.46. The quantitative estimate of drug-likeness (QED) is 0.555. The van der Waals surface area contributed by atoms with Gasteiger partial charge in [-0.3, -0.25) is 0 Å². The molecule has 132 valence electrons. The van der Waals surface area contributed by atoms with E-state index in [2.05, 4.69) is 0 Å². The van der Waals surface area contributed by atoms with E-state index in [1.54, 1.807) is 43.3 Å². The molecule has 0 radical (unpaired) electrons. The summed E-state index contributed by atoms with van der Waals surface area (Å²) in [5, 5.41) is 9.55. The van der Waals surface area contributed by atoms with Crippen LogP contribution in [0.4, 0.5) is 0 Å². The van der Waals surface area contributed by atoms with Crippen molar-refractivity contribution in [3.63, 3.8) is 0 Å². The molecular weight excluding hydrogens is 320 g/mol. The number of methoxy groups -OCH3 is 1. The highest BCUT2D eigenvalue weighted by molar-refractivity contribution is 6.16. The maximum absolute atomic E-state index is 11.7. The van der Waals surface area contributed by atoms with Gasteiger partial charge in [-0.05, 0) is 31.5 Å². The van der Waals surface area contributed by atoms with Crippen molar-refractivity contribution in [2.45, 2.75) is 20.3 Å². The van der Waals surface area contributed by atoms with Crippen LogP contribution in [0.3, 0.4) is 0 Å². The van der Waals surface area contributed by atoms with Gasteiger partial charge < -0.3 is 19.3 Å². The number of rotatable bonds is 8. The molecule has 0 unspecified atom stereocenters. The number of aliphatic carboxylic acids is 1. The molecule has 0 aromatic heterocycles. The van der Waals surface area contributed by atoms with E-state index in [1.807, 2.05) is 19.1 Å². The highest BCUT2D eigenvalue weighted by Crippen LogP contribution is 2.33. The first-order valence-corrected chi connectivity index (χ1v) is 8.05. The molecule has 0 fully saturated rings. The van der Waals surface area contributed by atoms with Gasteiger partial charge in [0, 0.05) is 11.6 Å². The van der Waals surface area contributed by atoms with E-state index in [0.717, 1.165) is 6.42 Å². The van der Waals surface area contributed by atoms with Crippen molar-refractivity contribution in [1.29, 1.82) is 0 Å². The maximum atomic E-state index is 11.7. The lowest BCUT2D eigenvalue weighted by atomic mass is 10.0. The number of carbonyl (C=O) groups is 1. The van der Waals surface area contributed by atoms with E-state index >= 15 is 0 Å². The summed E-state index contributed by atoms with van der Waals surface area (Å²) in [4.78, 5) is 11.7. The number of carboxylic acids is 1. The van der Waals surface area contributed by atoms with E-state index < -0.39 is 5.97 Å². The third-order valence-corrected chi connectivity index (χ3v) is 3.53. The molecule has 0 saturated heterocycles. The first-order valence-electron chi connectivity index (χ1n) is 8.05. The van der Waals surface area contributed by atoms with Gasteiger partial charge in [-0.2, -0.15) is 0 Å². The van der Waals surface area contributed by atoms with E-state index in [0.29, 0.717) is 35.2 Å². The molecule has 0 bridgehead atoms. The molecule has 5 nitrogen and oxygen atoms in total. The minimum absolute atomic E-state index is 0.0662. The van der Waals surface area contributed by atoms with Gasteiger partial charge in [0.2, 0.25) is 0 Å². The number of allylic oxidation sites excluding steroid dienone is 1. The van der Waals surface area contributed by atoms with Gasteiger partial charge in [0.25, 0.3) is 0 Å². The summed E-state index contributed by atoms with van der Waals surface area (Å²) in [6.07, 6.45) is 0.914. The second-order valence-corrected chi connectivity index (χ2v) is 5.36. The Morgan fingerprint density at radius 3 is 2.48 bits per heavy atom. The average Bonchev–Trinajstić information content (AvgIpc) is 2.61. The lowest BCUT2D eigenvalue weighted by molar-refractivity contribution is -0.130. The summed E-state index contributed by atoms with van der Waals surface area (Å²) >= 11 is 0. The zero-order valence-electron chi connectivity index (χ0n) is 14.6. The van der Waals surface area contributed by atoms with Crippen LogP contribution < -0.4 is 9.47 Å². The molecule has 0 aliphatic carbocycles. The minimum atomic E-state index is -1.07. The highest BCUT2D eigenvalue weighted by Gasteiger charge is 2.19. The number of carboxylic acid groups (broad SMARTS) is 1. The molecular formula is C20H22O5. The molecule has 1 N–H and O–H groups in total. The van der Waals surface area contributed by atoms with Crippen LogP contribution in [0, 0.1) is 0 Å². The normalized spacial score (nSPS) is 11.5.